The van der Waals surface area contributed by atoms with Crippen molar-refractivity contribution in [3.05, 3.63) is 48.6 Å². The second-order valence-electron chi connectivity index (χ2n) is 6.43. The van der Waals surface area contributed by atoms with Crippen molar-refractivity contribution in [2.75, 3.05) is 31.6 Å². The second-order valence-corrected chi connectivity index (χ2v) is 6.43. The Morgan fingerprint density at radius 1 is 1.21 bits per heavy atom. The molecule has 3 aromatic rings. The first kappa shape index (κ1) is 18.1. The largest absolute Gasteiger partial charge is 0.494 e. The number of aromatic nitrogens is 4. The molecule has 9 nitrogen and oxygen atoms in total. The summed E-state index contributed by atoms with van der Waals surface area (Å²) < 4.78 is 10.7. The highest BCUT2D eigenvalue weighted by molar-refractivity contribution is 5.92. The summed E-state index contributed by atoms with van der Waals surface area (Å²) >= 11 is 0. The smallest absolute Gasteiger partial charge is 0.240 e. The lowest BCUT2D eigenvalue weighted by molar-refractivity contribution is -0.118. The number of ether oxygens (including phenoxy) is 1. The van der Waals surface area contributed by atoms with E-state index in [9.17, 15) is 4.79 Å². The van der Waals surface area contributed by atoms with Crippen molar-refractivity contribution in [1.82, 2.24) is 25.0 Å². The average molecular weight is 380 g/mol. The first-order chi connectivity index (χ1) is 13.7. The third-order valence-corrected chi connectivity index (χ3v) is 4.33. The van der Waals surface area contributed by atoms with Crippen LogP contribution >= 0.6 is 0 Å². The van der Waals surface area contributed by atoms with Gasteiger partial charge in [0, 0.05) is 31.2 Å². The summed E-state index contributed by atoms with van der Waals surface area (Å²) in [6.07, 6.45) is 3.26. The van der Waals surface area contributed by atoms with Crippen molar-refractivity contribution in [3.63, 3.8) is 0 Å². The Bertz CT molecular complexity index is 922. The molecular weight excluding hydrogens is 360 g/mol. The highest BCUT2D eigenvalue weighted by atomic mass is 16.5. The molecule has 0 atom stereocenters. The fourth-order valence-corrected chi connectivity index (χ4v) is 2.97. The molecule has 1 amide bonds. The van der Waals surface area contributed by atoms with Crippen molar-refractivity contribution in [3.8, 4) is 17.4 Å². The minimum Gasteiger partial charge on any atom is -0.494 e. The van der Waals surface area contributed by atoms with Crippen LogP contribution in [0.3, 0.4) is 0 Å². The van der Waals surface area contributed by atoms with Crippen molar-refractivity contribution in [2.24, 2.45) is 0 Å². The third-order valence-electron chi connectivity index (χ3n) is 4.33. The number of hydrogen-bond donors (Lipinski definition) is 1. The molecule has 0 bridgehead atoms. The van der Waals surface area contributed by atoms with Crippen molar-refractivity contribution in [2.45, 2.75) is 12.8 Å². The summed E-state index contributed by atoms with van der Waals surface area (Å²) in [4.78, 5) is 26.8. The van der Waals surface area contributed by atoms with Gasteiger partial charge < -0.3 is 14.6 Å². The lowest BCUT2D eigenvalue weighted by atomic mass is 10.0. The number of anilines is 1. The average Bonchev–Trinajstić information content (AvgIpc) is 3.16. The number of amides is 1. The molecule has 0 spiro atoms. The molecule has 0 unspecified atom stereocenters. The number of rotatable bonds is 7. The van der Waals surface area contributed by atoms with Crippen LogP contribution in [0, 0.1) is 0 Å². The monoisotopic (exact) mass is 380 g/mol. The van der Waals surface area contributed by atoms with Gasteiger partial charge in [0.25, 0.3) is 0 Å². The number of hydrogen-bond acceptors (Lipinski definition) is 8. The molecule has 1 N–H and O–H groups in total. The van der Waals surface area contributed by atoms with E-state index in [0.717, 1.165) is 11.4 Å². The normalized spacial score (nSPS) is 14.5. The molecule has 4 rings (SSSR count). The molecular formula is C19H20N6O3. The first-order valence-electron chi connectivity index (χ1n) is 9.07. The standard InChI is InChI=1S/C19H20N6O3/c1-2-27-15-6-4-14(5-7-15)22-16(26)12-25-10-13(11-25)19-23-18(24-28-19)17-20-8-3-9-21-17/h3-9,13H,2,10-12H2,1H3,(H,22,26). The molecule has 0 aliphatic carbocycles. The highest BCUT2D eigenvalue weighted by Gasteiger charge is 2.33. The van der Waals surface area contributed by atoms with Gasteiger partial charge in [-0.15, -0.1) is 0 Å². The van der Waals surface area contributed by atoms with E-state index in [-0.39, 0.29) is 11.8 Å². The topological polar surface area (TPSA) is 106 Å². The summed E-state index contributed by atoms with van der Waals surface area (Å²) in [6.45, 7) is 4.23. The molecule has 2 aromatic heterocycles. The van der Waals surface area contributed by atoms with Gasteiger partial charge in [-0.2, -0.15) is 4.98 Å². The zero-order chi connectivity index (χ0) is 19.3. The number of likely N-dealkylation sites (tertiary alicyclic amines) is 1. The number of nitrogens with one attached hydrogen (secondary N) is 1. The van der Waals surface area contributed by atoms with Gasteiger partial charge in [-0.1, -0.05) is 5.16 Å². The molecule has 3 heterocycles. The van der Waals surface area contributed by atoms with Gasteiger partial charge in [-0.25, -0.2) is 9.97 Å². The first-order valence-corrected chi connectivity index (χ1v) is 9.07. The molecule has 144 valence electrons. The van der Waals surface area contributed by atoms with E-state index >= 15 is 0 Å². The van der Waals surface area contributed by atoms with E-state index < -0.39 is 0 Å². The fraction of sp³-hybridized carbons (Fsp3) is 0.316. The van der Waals surface area contributed by atoms with Crippen LogP contribution in [0.1, 0.15) is 18.7 Å². The van der Waals surface area contributed by atoms with Crippen LogP contribution in [-0.4, -0.2) is 57.2 Å². The quantitative estimate of drug-likeness (QED) is 0.663. The predicted molar refractivity (Wildman–Crippen MR) is 101 cm³/mol. The van der Waals surface area contributed by atoms with E-state index in [0.29, 0.717) is 43.8 Å². The van der Waals surface area contributed by atoms with Gasteiger partial charge in [0.1, 0.15) is 5.75 Å². The van der Waals surface area contributed by atoms with Crippen LogP contribution in [0.5, 0.6) is 5.75 Å². The molecule has 1 fully saturated rings. The van der Waals surface area contributed by atoms with Crippen LogP contribution in [0.25, 0.3) is 11.6 Å². The van der Waals surface area contributed by atoms with Gasteiger partial charge in [-0.3, -0.25) is 9.69 Å². The van der Waals surface area contributed by atoms with Crippen LogP contribution in [0.4, 0.5) is 5.69 Å². The molecule has 9 heteroatoms. The summed E-state index contributed by atoms with van der Waals surface area (Å²) in [5.41, 5.74) is 0.745. The van der Waals surface area contributed by atoms with E-state index in [4.69, 9.17) is 9.26 Å². The van der Waals surface area contributed by atoms with Gasteiger partial charge in [0.05, 0.1) is 19.1 Å². The molecule has 0 radical (unpaired) electrons. The van der Waals surface area contributed by atoms with E-state index in [2.05, 4.69) is 25.4 Å². The Morgan fingerprint density at radius 2 is 1.96 bits per heavy atom. The van der Waals surface area contributed by atoms with E-state index in [1.807, 2.05) is 36.1 Å². The Balaban J connectivity index is 1.25. The predicted octanol–water partition coefficient (Wildman–Crippen LogP) is 1.96. The molecule has 1 aliphatic heterocycles. The third kappa shape index (κ3) is 4.15. The Labute approximate surface area is 161 Å². The SMILES string of the molecule is CCOc1ccc(NC(=O)CN2CC(c3nc(-c4ncccn4)no3)C2)cc1. The lowest BCUT2D eigenvalue weighted by Crippen LogP contribution is -2.48. The summed E-state index contributed by atoms with van der Waals surface area (Å²) in [5, 5.41) is 6.82. The molecule has 1 aromatic carbocycles. The zero-order valence-corrected chi connectivity index (χ0v) is 15.4. The van der Waals surface area contributed by atoms with Crippen LogP contribution in [0.15, 0.2) is 47.2 Å². The van der Waals surface area contributed by atoms with Gasteiger partial charge >= 0.3 is 0 Å². The van der Waals surface area contributed by atoms with Crippen LogP contribution in [0.2, 0.25) is 0 Å². The highest BCUT2D eigenvalue weighted by Crippen LogP contribution is 2.26. The number of nitrogens with zero attached hydrogens (tertiary/aromatic N) is 5. The van der Waals surface area contributed by atoms with Crippen molar-refractivity contribution in [1.29, 1.82) is 0 Å². The van der Waals surface area contributed by atoms with Gasteiger partial charge in [-0.05, 0) is 37.3 Å². The van der Waals surface area contributed by atoms with Crippen molar-refractivity contribution < 1.29 is 14.1 Å². The fourth-order valence-electron chi connectivity index (χ4n) is 2.97. The summed E-state index contributed by atoms with van der Waals surface area (Å²) in [5.74, 6) is 2.19. The molecule has 1 aliphatic rings. The van der Waals surface area contributed by atoms with Gasteiger partial charge in [0.15, 0.2) is 0 Å². The number of carbonyl (C=O) groups is 1. The zero-order valence-electron chi connectivity index (χ0n) is 15.4. The number of benzene rings is 1. The summed E-state index contributed by atoms with van der Waals surface area (Å²) in [7, 11) is 0. The van der Waals surface area contributed by atoms with E-state index in [1.165, 1.54) is 0 Å². The van der Waals surface area contributed by atoms with Crippen LogP contribution in [-0.2, 0) is 4.79 Å². The minimum absolute atomic E-state index is 0.0634. The van der Waals surface area contributed by atoms with Gasteiger partial charge in [0.2, 0.25) is 23.4 Å². The maximum absolute atomic E-state index is 12.2. The van der Waals surface area contributed by atoms with Crippen molar-refractivity contribution >= 4 is 11.6 Å². The Morgan fingerprint density at radius 3 is 2.68 bits per heavy atom. The minimum atomic E-state index is -0.0634. The molecule has 0 saturated carbocycles. The second kappa shape index (κ2) is 8.13. The maximum Gasteiger partial charge on any atom is 0.240 e. The summed E-state index contributed by atoms with van der Waals surface area (Å²) in [6, 6.07) is 9.05. The maximum atomic E-state index is 12.2. The lowest BCUT2D eigenvalue weighted by Gasteiger charge is -2.36. The van der Waals surface area contributed by atoms with Crippen LogP contribution < -0.4 is 10.1 Å². The number of carbonyl (C=O) groups excluding carboxylic acids is 1. The van der Waals surface area contributed by atoms with E-state index in [1.54, 1.807) is 18.5 Å². The molecule has 28 heavy (non-hydrogen) atoms. The Hall–Kier alpha value is -3.33. The Kier molecular flexibility index (Phi) is 5.24. The molecule has 1 saturated heterocycles.